The molecule has 28 heavy (non-hydrogen) atoms. The first-order valence-electron chi connectivity index (χ1n) is 8.98. The number of nitrogens with one attached hydrogen (secondary N) is 1. The van der Waals surface area contributed by atoms with E-state index in [4.69, 9.17) is 5.26 Å². The Hall–Kier alpha value is -3.66. The van der Waals surface area contributed by atoms with E-state index >= 15 is 0 Å². The van der Waals surface area contributed by atoms with Crippen molar-refractivity contribution in [1.82, 2.24) is 14.8 Å². The fourth-order valence-electron chi connectivity index (χ4n) is 3.11. The number of nitriles is 1. The van der Waals surface area contributed by atoms with Crippen LogP contribution in [0.1, 0.15) is 36.8 Å². The maximum Gasteiger partial charge on any atom is 0.303 e. The molecule has 0 amide bonds. The Kier molecular flexibility index (Phi) is 5.70. The number of hydrogen-bond acceptors (Lipinski definition) is 5. The quantitative estimate of drug-likeness (QED) is 0.645. The summed E-state index contributed by atoms with van der Waals surface area (Å²) in [6.45, 7) is 1.98. The third kappa shape index (κ3) is 4.35. The molecule has 3 rings (SSSR count). The van der Waals surface area contributed by atoms with Crippen LogP contribution in [0.5, 0.6) is 0 Å². The molecular formula is C21H21N5O2. The van der Waals surface area contributed by atoms with Crippen molar-refractivity contribution in [2.45, 2.75) is 25.7 Å². The lowest BCUT2D eigenvalue weighted by Crippen LogP contribution is -2.06. The summed E-state index contributed by atoms with van der Waals surface area (Å²) in [7, 11) is 1.85. The van der Waals surface area contributed by atoms with E-state index in [0.29, 0.717) is 11.4 Å². The Balaban J connectivity index is 2.02. The van der Waals surface area contributed by atoms with Gasteiger partial charge in [-0.1, -0.05) is 19.1 Å². The van der Waals surface area contributed by atoms with Crippen molar-refractivity contribution in [1.29, 1.82) is 5.26 Å². The second-order valence-electron chi connectivity index (χ2n) is 6.58. The first-order valence-corrected chi connectivity index (χ1v) is 8.98. The lowest BCUT2D eigenvalue weighted by Gasteiger charge is -2.17. The van der Waals surface area contributed by atoms with E-state index in [0.717, 1.165) is 28.8 Å². The Morgan fingerprint density at radius 1 is 1.32 bits per heavy atom. The Bertz CT molecular complexity index is 1020. The molecule has 142 valence electrons. The number of aliphatic carboxylic acids is 1. The Morgan fingerprint density at radius 3 is 2.71 bits per heavy atom. The molecule has 2 aromatic heterocycles. The highest BCUT2D eigenvalue weighted by atomic mass is 16.4. The van der Waals surface area contributed by atoms with Crippen molar-refractivity contribution < 1.29 is 9.90 Å². The summed E-state index contributed by atoms with van der Waals surface area (Å²) < 4.78 is 1.73. The smallest absolute Gasteiger partial charge is 0.303 e. The molecule has 0 radical (unpaired) electrons. The zero-order valence-electron chi connectivity index (χ0n) is 15.8. The molecule has 1 aromatic carbocycles. The van der Waals surface area contributed by atoms with Gasteiger partial charge in [-0.05, 0) is 36.1 Å². The fraction of sp³-hybridized carbons (Fsp3) is 0.238. The number of nitrogens with zero attached hydrogens (tertiary/aromatic N) is 4. The lowest BCUT2D eigenvalue weighted by molar-refractivity contribution is -0.137. The van der Waals surface area contributed by atoms with E-state index in [-0.39, 0.29) is 12.3 Å². The number of anilines is 2. The number of carbonyl (C=O) groups is 1. The fourth-order valence-corrected chi connectivity index (χ4v) is 3.11. The Labute approximate surface area is 163 Å². The highest BCUT2D eigenvalue weighted by molar-refractivity contribution is 5.80. The normalized spacial score (nSPS) is 11.6. The molecule has 0 fully saturated rings. The maximum absolute atomic E-state index is 11.2. The molecule has 0 aliphatic rings. The first kappa shape index (κ1) is 19.1. The van der Waals surface area contributed by atoms with Crippen LogP contribution in [0.15, 0.2) is 48.9 Å². The van der Waals surface area contributed by atoms with Gasteiger partial charge in [-0.25, -0.2) is 4.98 Å². The monoisotopic (exact) mass is 375 g/mol. The highest BCUT2D eigenvalue weighted by Crippen LogP contribution is 2.34. The minimum absolute atomic E-state index is 0.0741. The van der Waals surface area contributed by atoms with Crippen LogP contribution in [0.3, 0.4) is 0 Å². The standard InChI is InChI=1S/C21H21N5O2/c1-3-15(9-21(27)28)16-5-6-18(17-12-24-26(2)13-17)19(8-16)25-20-7-4-14(10-22)11-23-20/h4-8,11-13,15H,3,9H2,1-2H3,(H,23,25)(H,27,28)/t15-/m1/s1. The summed E-state index contributed by atoms with van der Waals surface area (Å²) in [4.78, 5) is 15.5. The molecule has 3 aromatic rings. The van der Waals surface area contributed by atoms with Crippen molar-refractivity contribution in [2.75, 3.05) is 5.32 Å². The molecule has 7 nitrogen and oxygen atoms in total. The minimum Gasteiger partial charge on any atom is -0.481 e. The summed E-state index contributed by atoms with van der Waals surface area (Å²) >= 11 is 0. The van der Waals surface area contributed by atoms with E-state index in [1.165, 1.54) is 6.20 Å². The lowest BCUT2D eigenvalue weighted by atomic mass is 9.91. The summed E-state index contributed by atoms with van der Waals surface area (Å²) in [5, 5.41) is 25.7. The van der Waals surface area contributed by atoms with Crippen LogP contribution in [0.25, 0.3) is 11.1 Å². The van der Waals surface area contributed by atoms with Crippen LogP contribution in [-0.2, 0) is 11.8 Å². The number of carboxylic acids is 1. The van der Waals surface area contributed by atoms with Gasteiger partial charge in [0.1, 0.15) is 11.9 Å². The van der Waals surface area contributed by atoms with Crippen molar-refractivity contribution in [3.8, 4) is 17.2 Å². The van der Waals surface area contributed by atoms with Crippen molar-refractivity contribution in [3.05, 3.63) is 60.0 Å². The van der Waals surface area contributed by atoms with Crippen molar-refractivity contribution >= 4 is 17.5 Å². The number of benzene rings is 1. The molecule has 1 atom stereocenters. The van der Waals surface area contributed by atoms with Crippen molar-refractivity contribution in [2.24, 2.45) is 7.05 Å². The van der Waals surface area contributed by atoms with Gasteiger partial charge in [0.25, 0.3) is 0 Å². The molecule has 2 heterocycles. The summed E-state index contributed by atoms with van der Waals surface area (Å²) in [5.41, 5.74) is 4.13. The molecule has 2 N–H and O–H groups in total. The van der Waals surface area contributed by atoms with E-state index in [1.54, 1.807) is 23.0 Å². The van der Waals surface area contributed by atoms with Gasteiger partial charge in [0, 0.05) is 36.3 Å². The maximum atomic E-state index is 11.2. The second kappa shape index (κ2) is 8.35. The third-order valence-corrected chi connectivity index (χ3v) is 4.60. The van der Waals surface area contributed by atoms with Crippen LogP contribution in [-0.4, -0.2) is 25.8 Å². The third-order valence-electron chi connectivity index (χ3n) is 4.60. The highest BCUT2D eigenvalue weighted by Gasteiger charge is 2.17. The van der Waals surface area contributed by atoms with Crippen molar-refractivity contribution in [3.63, 3.8) is 0 Å². The van der Waals surface area contributed by atoms with Gasteiger partial charge < -0.3 is 10.4 Å². The predicted octanol–water partition coefficient (Wildman–Crippen LogP) is 4.07. The van der Waals surface area contributed by atoms with Gasteiger partial charge in [0.2, 0.25) is 0 Å². The summed E-state index contributed by atoms with van der Waals surface area (Å²) in [6.07, 6.45) is 6.02. The predicted molar refractivity (Wildman–Crippen MR) is 106 cm³/mol. The van der Waals surface area contributed by atoms with Crippen LogP contribution in [0, 0.1) is 11.3 Å². The number of aryl methyl sites for hydroxylation is 1. The number of pyridine rings is 1. The number of aromatic nitrogens is 3. The average Bonchev–Trinajstić information content (AvgIpc) is 3.12. The van der Waals surface area contributed by atoms with Gasteiger partial charge >= 0.3 is 5.97 Å². The topological polar surface area (TPSA) is 104 Å². The number of hydrogen-bond donors (Lipinski definition) is 2. The Morgan fingerprint density at radius 2 is 2.14 bits per heavy atom. The van der Waals surface area contributed by atoms with E-state index in [2.05, 4.69) is 21.5 Å². The van der Waals surface area contributed by atoms with E-state index in [1.807, 2.05) is 38.4 Å². The van der Waals surface area contributed by atoms with Gasteiger partial charge in [-0.3, -0.25) is 9.48 Å². The summed E-state index contributed by atoms with van der Waals surface area (Å²) in [6, 6.07) is 11.4. The molecule has 0 aliphatic heterocycles. The largest absolute Gasteiger partial charge is 0.481 e. The van der Waals surface area contributed by atoms with Crippen LogP contribution in [0.4, 0.5) is 11.5 Å². The zero-order valence-corrected chi connectivity index (χ0v) is 15.8. The van der Waals surface area contributed by atoms with Gasteiger partial charge in [-0.2, -0.15) is 10.4 Å². The number of carboxylic acid groups (broad SMARTS) is 1. The molecule has 0 spiro atoms. The molecule has 0 bridgehead atoms. The summed E-state index contributed by atoms with van der Waals surface area (Å²) in [5.74, 6) is -0.283. The molecular weight excluding hydrogens is 354 g/mol. The zero-order chi connectivity index (χ0) is 20.1. The van der Waals surface area contributed by atoms with Gasteiger partial charge in [0.05, 0.1) is 18.2 Å². The average molecular weight is 375 g/mol. The molecule has 7 heteroatoms. The molecule has 0 unspecified atom stereocenters. The number of rotatable bonds is 7. The first-order chi connectivity index (χ1) is 13.5. The molecule has 0 aliphatic carbocycles. The molecule has 0 saturated carbocycles. The van der Waals surface area contributed by atoms with Gasteiger partial charge in [-0.15, -0.1) is 0 Å². The van der Waals surface area contributed by atoms with Crippen LogP contribution in [0.2, 0.25) is 0 Å². The molecule has 0 saturated heterocycles. The van der Waals surface area contributed by atoms with E-state index in [9.17, 15) is 9.90 Å². The second-order valence-corrected chi connectivity index (χ2v) is 6.58. The van der Waals surface area contributed by atoms with E-state index < -0.39 is 5.97 Å². The van der Waals surface area contributed by atoms with Gasteiger partial charge in [0.15, 0.2) is 0 Å². The SMILES string of the molecule is CC[C@H](CC(=O)O)c1ccc(-c2cnn(C)c2)c(Nc2ccc(C#N)cn2)c1. The van der Waals surface area contributed by atoms with Crippen LogP contribution < -0.4 is 5.32 Å². The van der Waals surface area contributed by atoms with Crippen LogP contribution >= 0.6 is 0 Å². The minimum atomic E-state index is -0.813.